The minimum atomic E-state index is -0.0156. The van der Waals surface area contributed by atoms with E-state index in [1.807, 2.05) is 13.8 Å². The molecule has 0 spiro atoms. The van der Waals surface area contributed by atoms with E-state index in [1.165, 1.54) is 0 Å². The van der Waals surface area contributed by atoms with Gasteiger partial charge in [-0.05, 0) is 39.3 Å². The van der Waals surface area contributed by atoms with Gasteiger partial charge in [-0.15, -0.1) is 5.10 Å². The van der Waals surface area contributed by atoms with E-state index in [4.69, 9.17) is 4.74 Å². The number of fused-ring (bicyclic) bond motifs is 1. The summed E-state index contributed by atoms with van der Waals surface area (Å²) in [6.07, 6.45) is 6.24. The zero-order valence-corrected chi connectivity index (χ0v) is 15.2. The third kappa shape index (κ3) is 3.22. The molecule has 0 aromatic carbocycles. The van der Waals surface area contributed by atoms with Crippen molar-refractivity contribution in [3.05, 3.63) is 18.6 Å². The number of hydrogen-bond donors (Lipinski definition) is 3. The number of ether oxygens (including phenoxy) is 1. The summed E-state index contributed by atoms with van der Waals surface area (Å²) in [5, 5.41) is 18.3. The Bertz CT molecular complexity index is 872. The third-order valence-corrected chi connectivity index (χ3v) is 4.56. The second-order valence-corrected chi connectivity index (χ2v) is 6.99. The molecular weight excluding hydrogens is 332 g/mol. The summed E-state index contributed by atoms with van der Waals surface area (Å²) in [7, 11) is 0. The van der Waals surface area contributed by atoms with Crippen molar-refractivity contribution in [1.82, 2.24) is 35.1 Å². The number of hydrogen-bond acceptors (Lipinski definition) is 7. The van der Waals surface area contributed by atoms with Gasteiger partial charge in [0.2, 0.25) is 11.8 Å². The molecule has 0 aliphatic carbocycles. The van der Waals surface area contributed by atoms with Crippen molar-refractivity contribution < 1.29 is 4.74 Å². The van der Waals surface area contributed by atoms with Gasteiger partial charge in [0.25, 0.3) is 0 Å². The fourth-order valence-corrected chi connectivity index (χ4v) is 3.20. The fourth-order valence-electron chi connectivity index (χ4n) is 3.20. The van der Waals surface area contributed by atoms with Crippen LogP contribution in [0.1, 0.15) is 27.2 Å². The Morgan fingerprint density at radius 2 is 2.23 bits per heavy atom. The summed E-state index contributed by atoms with van der Waals surface area (Å²) < 4.78 is 7.74. The number of rotatable bonds is 5. The highest BCUT2D eigenvalue weighted by Gasteiger charge is 2.23. The van der Waals surface area contributed by atoms with Crippen LogP contribution in [0, 0.1) is 5.92 Å². The topological polar surface area (TPSA) is 105 Å². The molecule has 0 amide bonds. The summed E-state index contributed by atoms with van der Waals surface area (Å²) >= 11 is 0. The molecule has 0 bridgehead atoms. The number of anilines is 1. The standard InChI is InChI=1S/C17H24N8O/c1-10(2)26-16-15(12-7-20-21-8-12)19-9-14-23-17(24-25(14)16)22-13-4-5-18-6-11(13)3/h7-11,13,18H,4-6H2,1-3H3,(H,20,21)(H,22,24). The molecule has 138 valence electrons. The second kappa shape index (κ2) is 6.91. The van der Waals surface area contributed by atoms with Crippen molar-refractivity contribution in [2.24, 2.45) is 5.92 Å². The van der Waals surface area contributed by atoms with Crippen LogP contribution in [0.4, 0.5) is 5.95 Å². The van der Waals surface area contributed by atoms with Crippen LogP contribution in [0.25, 0.3) is 16.9 Å². The van der Waals surface area contributed by atoms with Crippen LogP contribution in [-0.2, 0) is 0 Å². The number of nitrogens with zero attached hydrogens (tertiary/aromatic N) is 5. The van der Waals surface area contributed by atoms with Gasteiger partial charge in [0.1, 0.15) is 5.69 Å². The molecule has 9 heteroatoms. The molecule has 1 aliphatic heterocycles. The number of aromatic amines is 1. The average Bonchev–Trinajstić information content (AvgIpc) is 3.26. The van der Waals surface area contributed by atoms with Gasteiger partial charge in [-0.3, -0.25) is 5.10 Å². The molecule has 26 heavy (non-hydrogen) atoms. The fraction of sp³-hybridized carbons (Fsp3) is 0.529. The van der Waals surface area contributed by atoms with E-state index in [-0.39, 0.29) is 6.10 Å². The predicted molar refractivity (Wildman–Crippen MR) is 98.2 cm³/mol. The SMILES string of the molecule is CC(C)Oc1c(-c2cn[nH]c2)ncc2nc(NC3CCNCC3C)nn12. The molecule has 9 nitrogen and oxygen atoms in total. The van der Waals surface area contributed by atoms with Gasteiger partial charge in [0, 0.05) is 17.8 Å². The minimum Gasteiger partial charge on any atom is -0.473 e. The first-order valence-electron chi connectivity index (χ1n) is 9.00. The maximum Gasteiger partial charge on any atom is 0.244 e. The number of H-pyrrole nitrogens is 1. The van der Waals surface area contributed by atoms with Gasteiger partial charge < -0.3 is 15.4 Å². The summed E-state index contributed by atoms with van der Waals surface area (Å²) in [5.74, 6) is 1.68. The minimum absolute atomic E-state index is 0.0156. The first-order valence-corrected chi connectivity index (χ1v) is 9.00. The summed E-state index contributed by atoms with van der Waals surface area (Å²) in [5.41, 5.74) is 2.18. The quantitative estimate of drug-likeness (QED) is 0.639. The Morgan fingerprint density at radius 3 is 2.96 bits per heavy atom. The normalized spacial score (nSPS) is 20.6. The lowest BCUT2D eigenvalue weighted by Gasteiger charge is -2.29. The maximum atomic E-state index is 6.03. The van der Waals surface area contributed by atoms with E-state index >= 15 is 0 Å². The third-order valence-electron chi connectivity index (χ3n) is 4.56. The van der Waals surface area contributed by atoms with E-state index in [0.29, 0.717) is 35.1 Å². The van der Waals surface area contributed by atoms with E-state index < -0.39 is 0 Å². The molecule has 3 aromatic heterocycles. The molecule has 2 unspecified atom stereocenters. The molecule has 2 atom stereocenters. The predicted octanol–water partition coefficient (Wildman–Crippen LogP) is 1.71. The largest absolute Gasteiger partial charge is 0.473 e. The van der Waals surface area contributed by atoms with Crippen molar-refractivity contribution in [1.29, 1.82) is 0 Å². The van der Waals surface area contributed by atoms with Crippen LogP contribution in [0.2, 0.25) is 0 Å². The molecule has 1 aliphatic rings. The second-order valence-electron chi connectivity index (χ2n) is 6.99. The Labute approximate surface area is 151 Å². The number of nitrogens with one attached hydrogen (secondary N) is 3. The molecule has 1 saturated heterocycles. The highest BCUT2D eigenvalue weighted by atomic mass is 16.5. The van der Waals surface area contributed by atoms with Crippen molar-refractivity contribution >= 4 is 11.6 Å². The lowest BCUT2D eigenvalue weighted by molar-refractivity contribution is 0.227. The van der Waals surface area contributed by atoms with Gasteiger partial charge >= 0.3 is 0 Å². The van der Waals surface area contributed by atoms with Crippen LogP contribution in [0.5, 0.6) is 5.88 Å². The molecule has 0 radical (unpaired) electrons. The van der Waals surface area contributed by atoms with E-state index in [2.05, 4.69) is 42.8 Å². The Morgan fingerprint density at radius 1 is 1.35 bits per heavy atom. The summed E-state index contributed by atoms with van der Waals surface area (Å²) in [4.78, 5) is 9.12. The monoisotopic (exact) mass is 356 g/mol. The first kappa shape index (κ1) is 16.8. The molecule has 3 N–H and O–H groups in total. The van der Waals surface area contributed by atoms with Gasteiger partial charge in [0.05, 0.1) is 18.5 Å². The van der Waals surface area contributed by atoms with Gasteiger partial charge in [-0.2, -0.15) is 14.6 Å². The van der Waals surface area contributed by atoms with E-state index in [0.717, 1.165) is 25.1 Å². The van der Waals surface area contributed by atoms with Crippen LogP contribution in [0.15, 0.2) is 18.6 Å². The maximum absolute atomic E-state index is 6.03. The Balaban J connectivity index is 1.72. The Kier molecular flexibility index (Phi) is 4.46. The Hall–Kier alpha value is -2.68. The first-order chi connectivity index (χ1) is 12.6. The van der Waals surface area contributed by atoms with Crippen molar-refractivity contribution in [3.63, 3.8) is 0 Å². The van der Waals surface area contributed by atoms with Crippen LogP contribution in [0.3, 0.4) is 0 Å². The molecule has 1 fully saturated rings. The van der Waals surface area contributed by atoms with Crippen LogP contribution >= 0.6 is 0 Å². The molecule has 0 saturated carbocycles. The highest BCUT2D eigenvalue weighted by molar-refractivity contribution is 5.65. The molecule has 4 rings (SSSR count). The smallest absolute Gasteiger partial charge is 0.244 e. The summed E-state index contributed by atoms with van der Waals surface area (Å²) in [6, 6.07) is 0.351. The van der Waals surface area contributed by atoms with Crippen molar-refractivity contribution in [2.75, 3.05) is 18.4 Å². The number of piperidine rings is 1. The zero-order valence-electron chi connectivity index (χ0n) is 15.2. The van der Waals surface area contributed by atoms with Gasteiger partial charge in [-0.25, -0.2) is 4.98 Å². The number of aromatic nitrogens is 6. The molecule has 4 heterocycles. The highest BCUT2D eigenvalue weighted by Crippen LogP contribution is 2.29. The lowest BCUT2D eigenvalue weighted by Crippen LogP contribution is -2.42. The van der Waals surface area contributed by atoms with Gasteiger partial charge in [0.15, 0.2) is 5.65 Å². The zero-order chi connectivity index (χ0) is 18.1. The summed E-state index contributed by atoms with van der Waals surface area (Å²) in [6.45, 7) is 8.18. The van der Waals surface area contributed by atoms with Crippen molar-refractivity contribution in [3.8, 4) is 17.1 Å². The van der Waals surface area contributed by atoms with E-state index in [1.54, 1.807) is 23.1 Å². The molecular formula is C17H24N8O. The van der Waals surface area contributed by atoms with Crippen LogP contribution < -0.4 is 15.4 Å². The van der Waals surface area contributed by atoms with E-state index in [9.17, 15) is 0 Å². The van der Waals surface area contributed by atoms with Crippen LogP contribution in [-0.4, -0.2) is 55.0 Å². The average molecular weight is 356 g/mol. The van der Waals surface area contributed by atoms with Crippen molar-refractivity contribution in [2.45, 2.75) is 39.3 Å². The van der Waals surface area contributed by atoms with Gasteiger partial charge in [-0.1, -0.05) is 6.92 Å². The molecule has 3 aromatic rings. The lowest BCUT2D eigenvalue weighted by atomic mass is 9.95.